The van der Waals surface area contributed by atoms with Gasteiger partial charge in [-0.2, -0.15) is 0 Å². The van der Waals surface area contributed by atoms with Crippen LogP contribution in [0.15, 0.2) is 36.4 Å². The van der Waals surface area contributed by atoms with E-state index >= 15 is 0 Å². The quantitative estimate of drug-likeness (QED) is 0.540. The Morgan fingerprint density at radius 3 is 2.74 bits per heavy atom. The van der Waals surface area contributed by atoms with Crippen LogP contribution in [0.1, 0.15) is 28.8 Å². The highest BCUT2D eigenvalue weighted by Gasteiger charge is 2.27. The molecule has 1 aliphatic heterocycles. The number of aryl methyl sites for hydroxylation is 1. The van der Waals surface area contributed by atoms with Crippen LogP contribution in [0.4, 0.5) is 5.13 Å². The van der Waals surface area contributed by atoms with Gasteiger partial charge in [0.2, 0.25) is 0 Å². The predicted molar refractivity (Wildman–Crippen MR) is 111 cm³/mol. The van der Waals surface area contributed by atoms with Crippen LogP contribution in [0.2, 0.25) is 10.0 Å². The number of ether oxygens (including phenoxy) is 1. The maximum Gasteiger partial charge on any atom is 0.260 e. The number of thiazole rings is 1. The number of rotatable bonds is 4. The van der Waals surface area contributed by atoms with Crippen molar-refractivity contribution in [3.8, 4) is 0 Å². The number of halogens is 2. The highest BCUT2D eigenvalue weighted by atomic mass is 35.5. The normalized spacial score (nSPS) is 16.8. The number of anilines is 1. The molecular weight excluding hydrogens is 403 g/mol. The lowest BCUT2D eigenvalue weighted by Crippen LogP contribution is -2.37. The van der Waals surface area contributed by atoms with Crippen LogP contribution in [-0.2, 0) is 4.74 Å². The molecule has 1 aromatic heterocycles. The van der Waals surface area contributed by atoms with Crippen molar-refractivity contribution in [2.24, 2.45) is 0 Å². The van der Waals surface area contributed by atoms with E-state index in [9.17, 15) is 4.79 Å². The Labute approximate surface area is 171 Å². The molecule has 4 rings (SSSR count). The minimum Gasteiger partial charge on any atom is -0.376 e. The van der Waals surface area contributed by atoms with Crippen molar-refractivity contribution < 1.29 is 9.53 Å². The second kappa shape index (κ2) is 7.76. The third kappa shape index (κ3) is 3.83. The van der Waals surface area contributed by atoms with Crippen molar-refractivity contribution in [1.29, 1.82) is 0 Å². The number of amides is 1. The first kappa shape index (κ1) is 18.7. The number of hydrogen-bond donors (Lipinski definition) is 0. The van der Waals surface area contributed by atoms with Crippen molar-refractivity contribution in [2.75, 3.05) is 18.1 Å². The van der Waals surface area contributed by atoms with Gasteiger partial charge in [-0.1, -0.05) is 34.5 Å². The number of hydrogen-bond acceptors (Lipinski definition) is 4. The summed E-state index contributed by atoms with van der Waals surface area (Å²) in [5.41, 5.74) is 2.34. The van der Waals surface area contributed by atoms with E-state index in [1.54, 1.807) is 29.2 Å². The highest BCUT2D eigenvalue weighted by molar-refractivity contribution is 7.22. The SMILES string of the molecule is Cc1c(Cl)ccc2sc(N(CC3CCCO3)C(=O)c3ccc(Cl)cc3)nc12. The first-order chi connectivity index (χ1) is 13.0. The zero-order valence-corrected chi connectivity index (χ0v) is 17.1. The van der Waals surface area contributed by atoms with Crippen LogP contribution in [-0.4, -0.2) is 30.1 Å². The third-order valence-electron chi connectivity index (χ3n) is 4.71. The average Bonchev–Trinajstić information content (AvgIpc) is 3.33. The fraction of sp³-hybridized carbons (Fsp3) is 0.300. The molecule has 0 N–H and O–H groups in total. The fourth-order valence-electron chi connectivity index (χ4n) is 3.19. The first-order valence-electron chi connectivity index (χ1n) is 8.77. The summed E-state index contributed by atoms with van der Waals surface area (Å²) in [5.74, 6) is -0.107. The molecule has 27 heavy (non-hydrogen) atoms. The summed E-state index contributed by atoms with van der Waals surface area (Å²) in [6.45, 7) is 3.16. The molecule has 1 unspecified atom stereocenters. The Hall–Kier alpha value is -1.66. The van der Waals surface area contributed by atoms with Crippen molar-refractivity contribution in [1.82, 2.24) is 4.98 Å². The van der Waals surface area contributed by atoms with E-state index in [-0.39, 0.29) is 12.0 Å². The van der Waals surface area contributed by atoms with Crippen molar-refractivity contribution in [3.63, 3.8) is 0 Å². The van der Waals surface area contributed by atoms with Gasteiger partial charge >= 0.3 is 0 Å². The summed E-state index contributed by atoms with van der Waals surface area (Å²) < 4.78 is 6.78. The topological polar surface area (TPSA) is 42.4 Å². The molecule has 1 saturated heterocycles. The Morgan fingerprint density at radius 1 is 1.26 bits per heavy atom. The minimum absolute atomic E-state index is 0.0259. The Kier molecular flexibility index (Phi) is 5.37. The summed E-state index contributed by atoms with van der Waals surface area (Å²) in [4.78, 5) is 19.7. The number of benzene rings is 2. The number of fused-ring (bicyclic) bond motifs is 1. The smallest absolute Gasteiger partial charge is 0.260 e. The van der Waals surface area contributed by atoms with E-state index in [1.165, 1.54) is 11.3 Å². The Bertz CT molecular complexity index is 982. The second-order valence-electron chi connectivity index (χ2n) is 6.57. The second-order valence-corrected chi connectivity index (χ2v) is 8.43. The van der Waals surface area contributed by atoms with Gasteiger partial charge in [0.1, 0.15) is 0 Å². The van der Waals surface area contributed by atoms with Gasteiger partial charge in [0.05, 0.1) is 22.9 Å². The van der Waals surface area contributed by atoms with E-state index in [4.69, 9.17) is 32.9 Å². The van der Waals surface area contributed by atoms with Gasteiger partial charge in [-0.3, -0.25) is 9.69 Å². The zero-order chi connectivity index (χ0) is 19.0. The maximum absolute atomic E-state index is 13.2. The molecule has 1 atom stereocenters. The molecular formula is C20H18Cl2N2O2S. The van der Waals surface area contributed by atoms with E-state index in [2.05, 4.69) is 0 Å². The average molecular weight is 421 g/mol. The summed E-state index contributed by atoms with van der Waals surface area (Å²) in [5, 5.41) is 1.93. The standard InChI is InChI=1S/C20H18Cl2N2O2S/c1-12-16(22)8-9-17-18(12)23-20(27-17)24(11-15-3-2-10-26-15)19(25)13-4-6-14(21)7-5-13/h4-9,15H,2-3,10-11H2,1H3. The van der Waals surface area contributed by atoms with Gasteiger partial charge in [0.15, 0.2) is 5.13 Å². The lowest BCUT2D eigenvalue weighted by molar-refractivity contribution is 0.0917. The zero-order valence-electron chi connectivity index (χ0n) is 14.7. The van der Waals surface area contributed by atoms with Gasteiger partial charge in [-0.15, -0.1) is 0 Å². The molecule has 4 nitrogen and oxygen atoms in total. The van der Waals surface area contributed by atoms with Gasteiger partial charge in [-0.25, -0.2) is 4.98 Å². The fourth-order valence-corrected chi connectivity index (χ4v) is 4.50. The van der Waals surface area contributed by atoms with Crippen LogP contribution in [0.25, 0.3) is 10.2 Å². The number of aromatic nitrogens is 1. The van der Waals surface area contributed by atoms with Crippen molar-refractivity contribution >= 4 is 55.8 Å². The molecule has 3 aromatic rings. The Morgan fingerprint density at radius 2 is 2.04 bits per heavy atom. The van der Waals surface area contributed by atoms with E-state index in [0.29, 0.717) is 27.3 Å². The molecule has 0 saturated carbocycles. The summed E-state index contributed by atoms with van der Waals surface area (Å²) >= 11 is 13.7. The first-order valence-corrected chi connectivity index (χ1v) is 10.3. The molecule has 140 valence electrons. The highest BCUT2D eigenvalue weighted by Crippen LogP contribution is 2.34. The van der Waals surface area contributed by atoms with E-state index < -0.39 is 0 Å². The van der Waals surface area contributed by atoms with E-state index in [0.717, 1.165) is 35.2 Å². The predicted octanol–water partition coefficient (Wildman–Crippen LogP) is 5.74. The molecule has 0 aliphatic carbocycles. The van der Waals surface area contributed by atoms with Crippen LogP contribution >= 0.6 is 34.5 Å². The number of nitrogens with zero attached hydrogens (tertiary/aromatic N) is 2. The summed E-state index contributed by atoms with van der Waals surface area (Å²) in [7, 11) is 0. The van der Waals surface area contributed by atoms with Crippen LogP contribution in [0.5, 0.6) is 0 Å². The molecule has 1 fully saturated rings. The van der Waals surface area contributed by atoms with Gasteiger partial charge in [0, 0.05) is 22.2 Å². The van der Waals surface area contributed by atoms with Gasteiger partial charge in [-0.05, 0) is 61.7 Å². The molecule has 1 aliphatic rings. The monoisotopic (exact) mass is 420 g/mol. The third-order valence-corrected chi connectivity index (χ3v) is 6.42. The van der Waals surface area contributed by atoms with Crippen LogP contribution in [0, 0.1) is 6.92 Å². The lowest BCUT2D eigenvalue weighted by atomic mass is 10.2. The molecule has 7 heteroatoms. The molecule has 2 heterocycles. The summed E-state index contributed by atoms with van der Waals surface area (Å²) in [6.07, 6.45) is 1.99. The maximum atomic E-state index is 13.2. The molecule has 2 aromatic carbocycles. The Balaban J connectivity index is 1.74. The van der Waals surface area contributed by atoms with Gasteiger partial charge < -0.3 is 4.74 Å². The van der Waals surface area contributed by atoms with E-state index in [1.807, 2.05) is 19.1 Å². The largest absolute Gasteiger partial charge is 0.376 e. The number of carbonyl (C=O) groups excluding carboxylic acids is 1. The lowest BCUT2D eigenvalue weighted by Gasteiger charge is -2.23. The minimum atomic E-state index is -0.107. The van der Waals surface area contributed by atoms with Crippen molar-refractivity contribution in [2.45, 2.75) is 25.9 Å². The van der Waals surface area contributed by atoms with Crippen LogP contribution in [0.3, 0.4) is 0 Å². The van der Waals surface area contributed by atoms with Crippen molar-refractivity contribution in [3.05, 3.63) is 57.6 Å². The molecule has 0 spiro atoms. The molecule has 0 bridgehead atoms. The number of carbonyl (C=O) groups is 1. The summed E-state index contributed by atoms with van der Waals surface area (Å²) in [6, 6.07) is 10.7. The molecule has 0 radical (unpaired) electrons. The van der Waals surface area contributed by atoms with Gasteiger partial charge in [0.25, 0.3) is 5.91 Å². The molecule has 1 amide bonds. The van der Waals surface area contributed by atoms with Crippen LogP contribution < -0.4 is 4.90 Å².